The molecule has 12 heavy (non-hydrogen) atoms. The fraction of sp³-hybridized carbons (Fsp3) is 0.889. The van der Waals surface area contributed by atoms with E-state index in [0.29, 0.717) is 23.7 Å². The van der Waals surface area contributed by atoms with Gasteiger partial charge in [0.15, 0.2) is 0 Å². The van der Waals surface area contributed by atoms with E-state index < -0.39 is 0 Å². The van der Waals surface area contributed by atoms with E-state index in [1.165, 1.54) is 0 Å². The Labute approximate surface area is 73.0 Å². The molecule has 2 atom stereocenters. The molecule has 2 fully saturated rings. The summed E-state index contributed by atoms with van der Waals surface area (Å²) in [6, 6.07) is 0. The van der Waals surface area contributed by atoms with Crippen molar-refractivity contribution in [2.45, 2.75) is 12.8 Å². The highest BCUT2D eigenvalue weighted by atomic mass is 14.7. The summed E-state index contributed by atoms with van der Waals surface area (Å²) >= 11 is 0. The largest absolute Gasteiger partial charge is 0.330 e. The van der Waals surface area contributed by atoms with Crippen molar-refractivity contribution in [3.05, 3.63) is 0 Å². The highest BCUT2D eigenvalue weighted by Gasteiger charge is 2.48. The molecule has 0 aliphatic heterocycles. The van der Waals surface area contributed by atoms with E-state index in [4.69, 9.17) is 16.9 Å². The Morgan fingerprint density at radius 3 is 2.00 bits per heavy atom. The second-order valence-electron chi connectivity index (χ2n) is 4.14. The van der Waals surface area contributed by atoms with Crippen molar-refractivity contribution in [1.29, 1.82) is 5.41 Å². The Kier molecular flexibility index (Phi) is 1.93. The molecule has 2 saturated carbocycles. The van der Waals surface area contributed by atoms with Gasteiger partial charge in [0.05, 0.1) is 0 Å². The standard InChI is InChI=1S/C9H17N3/c10-3-6-1-5-2-7(4-11)8(6)9(5)12/h5-8,12H,1-4,10-11H2. The number of nitrogens with two attached hydrogens (primary N) is 2. The van der Waals surface area contributed by atoms with Gasteiger partial charge < -0.3 is 16.9 Å². The molecule has 0 aromatic carbocycles. The van der Waals surface area contributed by atoms with Crippen LogP contribution in [0.15, 0.2) is 0 Å². The summed E-state index contributed by atoms with van der Waals surface area (Å²) in [5.74, 6) is 2.08. The van der Waals surface area contributed by atoms with Gasteiger partial charge in [0.25, 0.3) is 0 Å². The summed E-state index contributed by atoms with van der Waals surface area (Å²) in [6.07, 6.45) is 2.30. The minimum Gasteiger partial charge on any atom is -0.330 e. The molecular formula is C9H17N3. The van der Waals surface area contributed by atoms with Gasteiger partial charge in [-0.3, -0.25) is 0 Å². The van der Waals surface area contributed by atoms with Crippen molar-refractivity contribution in [2.75, 3.05) is 13.1 Å². The smallest absolute Gasteiger partial charge is 0.0158 e. The summed E-state index contributed by atoms with van der Waals surface area (Å²) in [5, 5.41) is 7.88. The van der Waals surface area contributed by atoms with Crippen LogP contribution in [0.4, 0.5) is 0 Å². The van der Waals surface area contributed by atoms with Gasteiger partial charge in [0, 0.05) is 11.6 Å². The number of hydrogen-bond acceptors (Lipinski definition) is 3. The lowest BCUT2D eigenvalue weighted by Crippen LogP contribution is -2.31. The lowest BCUT2D eigenvalue weighted by molar-refractivity contribution is 0.256. The molecule has 0 saturated heterocycles. The number of fused-ring (bicyclic) bond motifs is 2. The molecule has 2 aliphatic rings. The predicted molar refractivity (Wildman–Crippen MR) is 49.0 cm³/mol. The fourth-order valence-corrected chi connectivity index (χ4v) is 3.02. The first kappa shape index (κ1) is 8.20. The molecule has 0 heterocycles. The van der Waals surface area contributed by atoms with Gasteiger partial charge in [-0.2, -0.15) is 0 Å². The Hall–Kier alpha value is -0.410. The molecule has 0 aromatic rings. The average molecular weight is 167 g/mol. The number of nitrogens with one attached hydrogen (secondary N) is 1. The fourth-order valence-electron chi connectivity index (χ4n) is 3.02. The maximum absolute atomic E-state index is 7.88. The first-order valence-electron chi connectivity index (χ1n) is 4.76. The third-order valence-corrected chi connectivity index (χ3v) is 3.59. The first-order chi connectivity index (χ1) is 5.77. The van der Waals surface area contributed by atoms with Crippen molar-refractivity contribution in [3.63, 3.8) is 0 Å². The molecular weight excluding hydrogens is 150 g/mol. The Morgan fingerprint density at radius 1 is 1.17 bits per heavy atom. The van der Waals surface area contributed by atoms with Gasteiger partial charge in [0.2, 0.25) is 0 Å². The number of rotatable bonds is 2. The Balaban J connectivity index is 2.16. The van der Waals surface area contributed by atoms with E-state index in [1.807, 2.05) is 0 Å². The molecule has 5 N–H and O–H groups in total. The van der Waals surface area contributed by atoms with Crippen LogP contribution in [0.5, 0.6) is 0 Å². The van der Waals surface area contributed by atoms with E-state index >= 15 is 0 Å². The van der Waals surface area contributed by atoms with Gasteiger partial charge in [0.1, 0.15) is 0 Å². The van der Waals surface area contributed by atoms with Gasteiger partial charge in [-0.25, -0.2) is 0 Å². The van der Waals surface area contributed by atoms with Crippen LogP contribution in [0, 0.1) is 29.1 Å². The van der Waals surface area contributed by atoms with E-state index in [1.54, 1.807) is 0 Å². The van der Waals surface area contributed by atoms with E-state index in [0.717, 1.165) is 31.6 Å². The van der Waals surface area contributed by atoms with Crippen LogP contribution in [-0.2, 0) is 0 Å². The summed E-state index contributed by atoms with van der Waals surface area (Å²) in [4.78, 5) is 0. The van der Waals surface area contributed by atoms with Gasteiger partial charge in [-0.1, -0.05) is 0 Å². The topological polar surface area (TPSA) is 75.9 Å². The molecule has 0 amide bonds. The molecule has 0 aromatic heterocycles. The predicted octanol–water partition coefficient (Wildman–Crippen LogP) is 0.196. The zero-order chi connectivity index (χ0) is 8.72. The SMILES string of the molecule is N=C1C2CC(CN)C1C(CN)C2. The van der Waals surface area contributed by atoms with Gasteiger partial charge in [-0.05, 0) is 43.7 Å². The van der Waals surface area contributed by atoms with Crippen LogP contribution < -0.4 is 11.5 Å². The zero-order valence-electron chi connectivity index (χ0n) is 7.29. The summed E-state index contributed by atoms with van der Waals surface area (Å²) < 4.78 is 0. The number of hydrogen-bond donors (Lipinski definition) is 3. The minimum absolute atomic E-state index is 0.435. The molecule has 0 radical (unpaired) electrons. The van der Waals surface area contributed by atoms with Crippen molar-refractivity contribution in [2.24, 2.45) is 35.1 Å². The van der Waals surface area contributed by atoms with Crippen LogP contribution in [0.25, 0.3) is 0 Å². The second kappa shape index (κ2) is 2.82. The summed E-state index contributed by atoms with van der Waals surface area (Å²) in [6.45, 7) is 1.47. The third kappa shape index (κ3) is 0.930. The third-order valence-electron chi connectivity index (χ3n) is 3.59. The van der Waals surface area contributed by atoms with Crippen molar-refractivity contribution in [3.8, 4) is 0 Å². The monoisotopic (exact) mass is 167 g/mol. The highest BCUT2D eigenvalue weighted by Crippen LogP contribution is 2.48. The Bertz CT molecular complexity index is 188. The molecule has 0 spiro atoms. The Morgan fingerprint density at radius 2 is 1.67 bits per heavy atom. The van der Waals surface area contributed by atoms with Crippen LogP contribution in [-0.4, -0.2) is 18.8 Å². The van der Waals surface area contributed by atoms with Gasteiger partial charge >= 0.3 is 0 Å². The molecule has 2 unspecified atom stereocenters. The second-order valence-corrected chi connectivity index (χ2v) is 4.14. The van der Waals surface area contributed by atoms with Crippen LogP contribution in [0.3, 0.4) is 0 Å². The lowest BCUT2D eigenvalue weighted by Gasteiger charge is -2.26. The van der Waals surface area contributed by atoms with Crippen molar-refractivity contribution >= 4 is 5.71 Å². The first-order valence-corrected chi connectivity index (χ1v) is 4.76. The quantitative estimate of drug-likeness (QED) is 0.549. The van der Waals surface area contributed by atoms with Crippen LogP contribution in [0.2, 0.25) is 0 Å². The maximum Gasteiger partial charge on any atom is 0.0158 e. The highest BCUT2D eigenvalue weighted by molar-refractivity contribution is 5.90. The molecule has 3 heteroatoms. The van der Waals surface area contributed by atoms with E-state index in [9.17, 15) is 0 Å². The maximum atomic E-state index is 7.88. The van der Waals surface area contributed by atoms with Crippen molar-refractivity contribution in [1.82, 2.24) is 0 Å². The molecule has 3 nitrogen and oxygen atoms in total. The summed E-state index contributed by atoms with van der Waals surface area (Å²) in [5.41, 5.74) is 12.3. The van der Waals surface area contributed by atoms with Gasteiger partial charge in [-0.15, -0.1) is 0 Å². The van der Waals surface area contributed by atoms with Crippen LogP contribution in [0.1, 0.15) is 12.8 Å². The molecule has 68 valence electrons. The molecule has 2 bridgehead atoms. The molecule has 2 aliphatic carbocycles. The van der Waals surface area contributed by atoms with E-state index in [2.05, 4.69) is 0 Å². The van der Waals surface area contributed by atoms with E-state index in [-0.39, 0.29) is 0 Å². The summed E-state index contributed by atoms with van der Waals surface area (Å²) in [7, 11) is 0. The average Bonchev–Trinajstić information content (AvgIpc) is 2.58. The van der Waals surface area contributed by atoms with Crippen LogP contribution >= 0.6 is 0 Å². The normalized spacial score (nSPS) is 45.7. The zero-order valence-corrected chi connectivity index (χ0v) is 7.29. The van der Waals surface area contributed by atoms with Crippen molar-refractivity contribution < 1.29 is 0 Å². The minimum atomic E-state index is 0.435. The molecule has 2 rings (SSSR count). The lowest BCUT2D eigenvalue weighted by atomic mass is 9.80.